The Morgan fingerprint density at radius 1 is 0.950 bits per heavy atom. The summed E-state index contributed by atoms with van der Waals surface area (Å²) in [5, 5.41) is 10.3. The van der Waals surface area contributed by atoms with Crippen LogP contribution in [0.5, 0.6) is 0 Å². The summed E-state index contributed by atoms with van der Waals surface area (Å²) in [4.78, 5) is 0. The molecule has 0 saturated carbocycles. The summed E-state index contributed by atoms with van der Waals surface area (Å²) >= 11 is 9.66. The highest BCUT2D eigenvalue weighted by Crippen LogP contribution is 2.35. The fraction of sp³-hybridized carbons (Fsp3) is 0.143. The molecule has 0 aliphatic rings. The van der Waals surface area contributed by atoms with Crippen LogP contribution in [0, 0.1) is 18.6 Å². The Bertz CT molecular complexity index is 651. The summed E-state index contributed by atoms with van der Waals surface area (Å²) in [7, 11) is 0. The molecule has 0 amide bonds. The zero-order valence-electron chi connectivity index (χ0n) is 10.2. The van der Waals surface area contributed by atoms with E-state index >= 15 is 0 Å². The van der Waals surface area contributed by atoms with Crippen molar-refractivity contribution in [3.63, 3.8) is 0 Å². The van der Waals surface area contributed by atoms with Crippen LogP contribution in [-0.2, 0) is 0 Å². The number of aliphatic hydroxyl groups is 1. The first-order chi connectivity index (χ1) is 9.31. The third-order valence-corrected chi connectivity index (χ3v) is 4.89. The number of hydrogen-bond acceptors (Lipinski definition) is 1. The minimum Gasteiger partial charge on any atom is -0.383 e. The van der Waals surface area contributed by atoms with Gasteiger partial charge in [0, 0.05) is 19.0 Å². The summed E-state index contributed by atoms with van der Waals surface area (Å²) in [5.74, 6) is -1.60. The minimum absolute atomic E-state index is 0.285. The second-order valence-corrected chi connectivity index (χ2v) is 6.93. The number of aryl methyl sites for hydroxylation is 1. The van der Waals surface area contributed by atoms with Gasteiger partial charge in [0.15, 0.2) is 0 Å². The summed E-state index contributed by atoms with van der Waals surface area (Å²) < 4.78 is 29.4. The van der Waals surface area contributed by atoms with E-state index in [1.54, 1.807) is 12.1 Å². The molecule has 1 unspecified atom stereocenters. The van der Waals surface area contributed by atoms with E-state index in [2.05, 4.69) is 47.8 Å². The van der Waals surface area contributed by atoms with Crippen molar-refractivity contribution < 1.29 is 13.9 Å². The maximum Gasteiger partial charge on any atom is 0.133 e. The van der Waals surface area contributed by atoms with Gasteiger partial charge >= 0.3 is 0 Å². The third-order valence-electron chi connectivity index (χ3n) is 2.89. The van der Waals surface area contributed by atoms with Crippen LogP contribution in [0.1, 0.15) is 22.8 Å². The highest BCUT2D eigenvalue weighted by Gasteiger charge is 2.23. The van der Waals surface area contributed by atoms with Gasteiger partial charge in [-0.2, -0.15) is 0 Å². The summed E-state index contributed by atoms with van der Waals surface area (Å²) in [6, 6.07) is 5.67. The van der Waals surface area contributed by atoms with Crippen LogP contribution in [0.2, 0.25) is 0 Å². The van der Waals surface area contributed by atoms with Gasteiger partial charge in [-0.3, -0.25) is 0 Å². The smallest absolute Gasteiger partial charge is 0.133 e. The van der Waals surface area contributed by atoms with Crippen LogP contribution >= 0.6 is 47.8 Å². The second kappa shape index (κ2) is 6.22. The van der Waals surface area contributed by atoms with Gasteiger partial charge in [0.2, 0.25) is 0 Å². The molecular weight excluding hydrogens is 462 g/mol. The van der Waals surface area contributed by atoms with Gasteiger partial charge in [-0.25, -0.2) is 8.78 Å². The quantitative estimate of drug-likeness (QED) is 0.602. The van der Waals surface area contributed by atoms with Gasteiger partial charge in [0.25, 0.3) is 0 Å². The van der Waals surface area contributed by atoms with Crippen LogP contribution in [0.25, 0.3) is 0 Å². The molecule has 2 rings (SSSR count). The zero-order chi connectivity index (χ0) is 15.0. The van der Waals surface area contributed by atoms with Crippen molar-refractivity contribution >= 4 is 47.8 Å². The van der Waals surface area contributed by atoms with Crippen molar-refractivity contribution in [2.24, 2.45) is 0 Å². The van der Waals surface area contributed by atoms with Crippen LogP contribution < -0.4 is 0 Å². The van der Waals surface area contributed by atoms with Gasteiger partial charge in [0.1, 0.15) is 17.7 Å². The van der Waals surface area contributed by atoms with Crippen molar-refractivity contribution in [1.82, 2.24) is 0 Å². The normalized spacial score (nSPS) is 12.6. The molecular formula is C14H9Br3F2O. The average molecular weight is 471 g/mol. The Morgan fingerprint density at radius 2 is 1.50 bits per heavy atom. The SMILES string of the molecule is Cc1cc(Br)c(C(O)c2c(F)cc(Br)cc2F)cc1Br. The molecule has 0 aromatic heterocycles. The molecule has 0 aliphatic heterocycles. The summed E-state index contributed by atoms with van der Waals surface area (Å²) in [5.41, 5.74) is 0.969. The van der Waals surface area contributed by atoms with Gasteiger partial charge in [-0.05, 0) is 36.8 Å². The highest BCUT2D eigenvalue weighted by atomic mass is 79.9. The molecule has 0 aliphatic carbocycles. The van der Waals surface area contributed by atoms with E-state index in [-0.39, 0.29) is 10.0 Å². The molecule has 1 atom stereocenters. The van der Waals surface area contributed by atoms with Crippen LogP contribution in [0.3, 0.4) is 0 Å². The van der Waals surface area contributed by atoms with Crippen LogP contribution in [0.15, 0.2) is 37.7 Å². The van der Waals surface area contributed by atoms with E-state index in [0.29, 0.717) is 10.0 Å². The molecule has 0 saturated heterocycles. The predicted octanol–water partition coefficient (Wildman–Crippen LogP) is 5.64. The molecule has 0 heterocycles. The molecule has 0 fully saturated rings. The topological polar surface area (TPSA) is 20.2 Å². The monoisotopic (exact) mass is 468 g/mol. The van der Waals surface area contributed by atoms with E-state index in [4.69, 9.17) is 0 Å². The fourth-order valence-corrected chi connectivity index (χ4v) is 3.28. The van der Waals surface area contributed by atoms with E-state index in [0.717, 1.165) is 22.2 Å². The zero-order valence-corrected chi connectivity index (χ0v) is 15.0. The number of aliphatic hydroxyl groups excluding tert-OH is 1. The van der Waals surface area contributed by atoms with E-state index in [1.807, 2.05) is 6.92 Å². The lowest BCUT2D eigenvalue weighted by molar-refractivity contribution is 0.208. The largest absolute Gasteiger partial charge is 0.383 e. The molecule has 0 spiro atoms. The Hall–Kier alpha value is -0.300. The Kier molecular flexibility index (Phi) is 5.00. The van der Waals surface area contributed by atoms with Crippen molar-refractivity contribution in [3.05, 3.63) is 66.0 Å². The lowest BCUT2D eigenvalue weighted by Crippen LogP contribution is -2.07. The lowest BCUT2D eigenvalue weighted by Gasteiger charge is -2.16. The van der Waals surface area contributed by atoms with E-state index in [1.165, 1.54) is 0 Å². The maximum atomic E-state index is 13.9. The highest BCUT2D eigenvalue weighted by molar-refractivity contribution is 9.11. The van der Waals surface area contributed by atoms with E-state index in [9.17, 15) is 13.9 Å². The molecule has 2 aromatic carbocycles. The second-order valence-electron chi connectivity index (χ2n) is 4.31. The van der Waals surface area contributed by atoms with Crippen molar-refractivity contribution in [3.8, 4) is 0 Å². The molecule has 0 radical (unpaired) electrons. The van der Waals surface area contributed by atoms with Gasteiger partial charge < -0.3 is 5.11 Å². The Morgan fingerprint density at radius 3 is 2.05 bits per heavy atom. The van der Waals surface area contributed by atoms with Crippen LogP contribution in [0.4, 0.5) is 8.78 Å². The van der Waals surface area contributed by atoms with Crippen LogP contribution in [-0.4, -0.2) is 5.11 Å². The molecule has 20 heavy (non-hydrogen) atoms. The summed E-state index contributed by atoms with van der Waals surface area (Å²) in [6.45, 7) is 1.88. The first-order valence-corrected chi connectivity index (χ1v) is 7.97. The van der Waals surface area contributed by atoms with Gasteiger partial charge in [-0.15, -0.1) is 0 Å². The maximum absolute atomic E-state index is 13.9. The number of halogens is 5. The van der Waals surface area contributed by atoms with Crippen molar-refractivity contribution in [2.45, 2.75) is 13.0 Å². The molecule has 2 aromatic rings. The minimum atomic E-state index is -1.39. The first kappa shape index (κ1) is 16.1. The lowest BCUT2D eigenvalue weighted by atomic mass is 9.99. The average Bonchev–Trinajstić information content (AvgIpc) is 2.32. The van der Waals surface area contributed by atoms with Crippen molar-refractivity contribution in [1.29, 1.82) is 0 Å². The predicted molar refractivity (Wildman–Crippen MR) is 84.7 cm³/mol. The standard InChI is InChI=1S/C14H9Br3F2O/c1-6-2-10(17)8(5-9(6)16)14(20)13-11(18)3-7(15)4-12(13)19/h2-5,14,20H,1H3. The van der Waals surface area contributed by atoms with Gasteiger partial charge in [0.05, 0.1) is 5.56 Å². The number of hydrogen-bond donors (Lipinski definition) is 1. The molecule has 106 valence electrons. The molecule has 0 bridgehead atoms. The van der Waals surface area contributed by atoms with E-state index < -0.39 is 17.7 Å². The Labute approximate surface area is 140 Å². The summed E-state index contributed by atoms with van der Waals surface area (Å²) in [6.07, 6.45) is -1.39. The first-order valence-electron chi connectivity index (χ1n) is 5.59. The molecule has 1 nitrogen and oxygen atoms in total. The fourth-order valence-electron chi connectivity index (χ4n) is 1.84. The molecule has 1 N–H and O–H groups in total. The number of rotatable bonds is 2. The third kappa shape index (κ3) is 3.13. The molecule has 6 heteroatoms. The van der Waals surface area contributed by atoms with Gasteiger partial charge in [-0.1, -0.05) is 47.8 Å². The Balaban J connectivity index is 2.57. The number of benzene rings is 2. The van der Waals surface area contributed by atoms with Crippen molar-refractivity contribution in [2.75, 3.05) is 0 Å².